The molecule has 1 unspecified atom stereocenters. The van der Waals surface area contributed by atoms with E-state index >= 15 is 0 Å². The third kappa shape index (κ3) is 3.69. The van der Waals surface area contributed by atoms with E-state index in [1.807, 2.05) is 6.07 Å². The summed E-state index contributed by atoms with van der Waals surface area (Å²) in [6, 6.07) is 11.4. The quantitative estimate of drug-likeness (QED) is 0.667. The van der Waals surface area contributed by atoms with E-state index < -0.39 is 17.9 Å². The number of rotatable bonds is 5. The molecule has 1 fully saturated rings. The molecule has 2 aromatic carbocycles. The Hall–Kier alpha value is -3.68. The molecule has 0 aliphatic carbocycles. The van der Waals surface area contributed by atoms with Crippen LogP contribution in [0.15, 0.2) is 42.5 Å². The SMILES string of the molecule is O=C1CCC(N2Cc3cc(NCc4ccc(C(=O)O)cc4)ccc3C2=O)C(=O)N1. The van der Waals surface area contributed by atoms with Crippen molar-refractivity contribution in [3.8, 4) is 0 Å². The van der Waals surface area contributed by atoms with Crippen molar-refractivity contribution < 1.29 is 24.3 Å². The van der Waals surface area contributed by atoms with E-state index in [-0.39, 0.29) is 23.8 Å². The van der Waals surface area contributed by atoms with Crippen LogP contribution in [-0.2, 0) is 22.7 Å². The zero-order valence-corrected chi connectivity index (χ0v) is 15.5. The molecule has 1 atom stereocenters. The van der Waals surface area contributed by atoms with E-state index in [0.29, 0.717) is 25.1 Å². The number of amides is 3. The summed E-state index contributed by atoms with van der Waals surface area (Å²) in [6.07, 6.45) is 0.561. The Balaban J connectivity index is 1.44. The Kier molecular flexibility index (Phi) is 4.75. The van der Waals surface area contributed by atoms with Gasteiger partial charge < -0.3 is 15.3 Å². The predicted molar refractivity (Wildman–Crippen MR) is 103 cm³/mol. The van der Waals surface area contributed by atoms with Crippen molar-refractivity contribution in [2.75, 3.05) is 5.32 Å². The minimum Gasteiger partial charge on any atom is -0.478 e. The Bertz CT molecular complexity index is 1020. The highest BCUT2D eigenvalue weighted by molar-refractivity contribution is 6.05. The second kappa shape index (κ2) is 7.38. The van der Waals surface area contributed by atoms with Gasteiger partial charge in [-0.15, -0.1) is 0 Å². The topological polar surface area (TPSA) is 116 Å². The molecule has 8 heteroatoms. The predicted octanol–water partition coefficient (Wildman–Crippen LogP) is 1.76. The monoisotopic (exact) mass is 393 g/mol. The highest BCUT2D eigenvalue weighted by Gasteiger charge is 2.39. The Morgan fingerprint density at radius 1 is 1.14 bits per heavy atom. The molecule has 0 spiro atoms. The van der Waals surface area contributed by atoms with Gasteiger partial charge in [0.05, 0.1) is 5.56 Å². The fourth-order valence-electron chi connectivity index (χ4n) is 3.65. The van der Waals surface area contributed by atoms with Crippen molar-refractivity contribution in [2.45, 2.75) is 32.0 Å². The third-order valence-electron chi connectivity index (χ3n) is 5.22. The van der Waals surface area contributed by atoms with Crippen LogP contribution >= 0.6 is 0 Å². The normalized spacial score (nSPS) is 18.4. The molecule has 148 valence electrons. The van der Waals surface area contributed by atoms with E-state index in [1.54, 1.807) is 36.4 Å². The van der Waals surface area contributed by atoms with Crippen LogP contribution in [0.3, 0.4) is 0 Å². The number of nitrogens with zero attached hydrogens (tertiary/aromatic N) is 1. The highest BCUT2D eigenvalue weighted by atomic mass is 16.4. The van der Waals surface area contributed by atoms with E-state index in [0.717, 1.165) is 16.8 Å². The van der Waals surface area contributed by atoms with Crippen LogP contribution in [0.25, 0.3) is 0 Å². The van der Waals surface area contributed by atoms with E-state index in [4.69, 9.17) is 5.11 Å². The summed E-state index contributed by atoms with van der Waals surface area (Å²) in [4.78, 5) is 48.6. The molecule has 1 saturated heterocycles. The fourth-order valence-corrected chi connectivity index (χ4v) is 3.65. The van der Waals surface area contributed by atoms with Gasteiger partial charge in [-0.2, -0.15) is 0 Å². The first-order valence-electron chi connectivity index (χ1n) is 9.26. The zero-order chi connectivity index (χ0) is 20.5. The summed E-state index contributed by atoms with van der Waals surface area (Å²) in [7, 11) is 0. The highest BCUT2D eigenvalue weighted by Crippen LogP contribution is 2.29. The van der Waals surface area contributed by atoms with E-state index in [9.17, 15) is 19.2 Å². The molecule has 2 aliphatic heterocycles. The number of carboxylic acid groups (broad SMARTS) is 1. The molecule has 2 aromatic rings. The zero-order valence-electron chi connectivity index (χ0n) is 15.5. The Labute approximate surface area is 166 Å². The lowest BCUT2D eigenvalue weighted by atomic mass is 10.0. The molecule has 2 aliphatic rings. The molecular formula is C21H19N3O5. The van der Waals surface area contributed by atoms with Gasteiger partial charge in [0.2, 0.25) is 11.8 Å². The van der Waals surface area contributed by atoms with Crippen molar-refractivity contribution >= 4 is 29.4 Å². The van der Waals surface area contributed by atoms with Crippen LogP contribution in [0, 0.1) is 0 Å². The van der Waals surface area contributed by atoms with Gasteiger partial charge in [0.1, 0.15) is 6.04 Å². The number of anilines is 1. The average molecular weight is 393 g/mol. The van der Waals surface area contributed by atoms with Gasteiger partial charge in [-0.05, 0) is 47.9 Å². The van der Waals surface area contributed by atoms with Crippen LogP contribution in [0.5, 0.6) is 0 Å². The first kappa shape index (κ1) is 18.7. The minimum absolute atomic E-state index is 0.203. The molecule has 2 heterocycles. The first-order valence-corrected chi connectivity index (χ1v) is 9.26. The number of imide groups is 1. The van der Waals surface area contributed by atoms with Gasteiger partial charge >= 0.3 is 5.97 Å². The summed E-state index contributed by atoms with van der Waals surface area (Å²) in [5, 5.41) is 14.5. The van der Waals surface area contributed by atoms with Crippen molar-refractivity contribution in [2.24, 2.45) is 0 Å². The molecule has 4 rings (SSSR count). The Morgan fingerprint density at radius 2 is 1.90 bits per heavy atom. The van der Waals surface area contributed by atoms with Crippen LogP contribution in [0.2, 0.25) is 0 Å². The molecule has 0 aromatic heterocycles. The molecule has 0 radical (unpaired) electrons. The standard InChI is InChI=1S/C21H19N3O5/c25-18-8-7-17(19(26)23-18)24-11-14-9-15(5-6-16(14)20(24)27)22-10-12-1-3-13(4-2-12)21(28)29/h1-6,9,17,22H,7-8,10-11H2,(H,28,29)(H,23,25,26). The second-order valence-electron chi connectivity index (χ2n) is 7.13. The largest absolute Gasteiger partial charge is 0.478 e. The van der Waals surface area contributed by atoms with Gasteiger partial charge in [-0.1, -0.05) is 12.1 Å². The number of benzene rings is 2. The molecular weight excluding hydrogens is 374 g/mol. The molecule has 3 N–H and O–H groups in total. The summed E-state index contributed by atoms with van der Waals surface area (Å²) >= 11 is 0. The number of hydrogen-bond acceptors (Lipinski definition) is 5. The molecule has 8 nitrogen and oxygen atoms in total. The maximum Gasteiger partial charge on any atom is 0.335 e. The summed E-state index contributed by atoms with van der Waals surface area (Å²) in [5.41, 5.74) is 3.37. The summed E-state index contributed by atoms with van der Waals surface area (Å²) < 4.78 is 0. The van der Waals surface area contributed by atoms with E-state index in [1.165, 1.54) is 4.90 Å². The van der Waals surface area contributed by atoms with Crippen LogP contribution in [-0.4, -0.2) is 39.7 Å². The molecule has 0 saturated carbocycles. The number of carbonyl (C=O) groups is 4. The smallest absolute Gasteiger partial charge is 0.335 e. The van der Waals surface area contributed by atoms with Crippen LogP contribution in [0.1, 0.15) is 44.7 Å². The van der Waals surface area contributed by atoms with Gasteiger partial charge in [0.15, 0.2) is 0 Å². The van der Waals surface area contributed by atoms with Crippen LogP contribution < -0.4 is 10.6 Å². The number of nitrogens with one attached hydrogen (secondary N) is 2. The maximum absolute atomic E-state index is 12.7. The fraction of sp³-hybridized carbons (Fsp3) is 0.238. The van der Waals surface area contributed by atoms with Crippen LogP contribution in [0.4, 0.5) is 5.69 Å². The number of aromatic carboxylic acids is 1. The van der Waals surface area contributed by atoms with Crippen molar-refractivity contribution in [3.63, 3.8) is 0 Å². The minimum atomic E-state index is -0.964. The number of fused-ring (bicyclic) bond motifs is 1. The maximum atomic E-state index is 12.7. The van der Waals surface area contributed by atoms with Crippen molar-refractivity contribution in [1.29, 1.82) is 0 Å². The molecule has 3 amide bonds. The van der Waals surface area contributed by atoms with Crippen molar-refractivity contribution in [3.05, 3.63) is 64.7 Å². The number of piperidine rings is 1. The van der Waals surface area contributed by atoms with Gasteiger partial charge in [0.25, 0.3) is 5.91 Å². The number of hydrogen-bond donors (Lipinski definition) is 3. The van der Waals surface area contributed by atoms with Gasteiger partial charge in [-0.25, -0.2) is 4.79 Å². The Morgan fingerprint density at radius 3 is 2.59 bits per heavy atom. The van der Waals surface area contributed by atoms with E-state index in [2.05, 4.69) is 10.6 Å². The summed E-state index contributed by atoms with van der Waals surface area (Å²) in [5.74, 6) is -1.90. The number of carboxylic acids is 1. The lowest BCUT2D eigenvalue weighted by Crippen LogP contribution is -2.52. The van der Waals surface area contributed by atoms with Crippen molar-refractivity contribution in [1.82, 2.24) is 10.2 Å². The first-order chi connectivity index (χ1) is 13.9. The lowest BCUT2D eigenvalue weighted by molar-refractivity contribution is -0.136. The second-order valence-corrected chi connectivity index (χ2v) is 7.13. The third-order valence-corrected chi connectivity index (χ3v) is 5.22. The van der Waals surface area contributed by atoms with Gasteiger partial charge in [0, 0.05) is 30.8 Å². The molecule has 0 bridgehead atoms. The average Bonchev–Trinajstić information content (AvgIpc) is 3.02. The van der Waals surface area contributed by atoms with Gasteiger partial charge in [-0.3, -0.25) is 19.7 Å². The number of carbonyl (C=O) groups excluding carboxylic acids is 3. The lowest BCUT2D eigenvalue weighted by Gasteiger charge is -2.29. The summed E-state index contributed by atoms with van der Waals surface area (Å²) in [6.45, 7) is 0.826. The molecule has 29 heavy (non-hydrogen) atoms.